The third kappa shape index (κ3) is 4.15. The first-order valence-corrected chi connectivity index (χ1v) is 9.93. The van der Waals surface area contributed by atoms with Crippen molar-refractivity contribution in [3.8, 4) is 5.75 Å². The minimum atomic E-state index is -0.537. The normalized spacial score (nSPS) is 20.6. The molecule has 4 nitrogen and oxygen atoms in total. The molecule has 0 bridgehead atoms. The molecule has 150 valence electrons. The molecule has 0 radical (unpaired) electrons. The van der Waals surface area contributed by atoms with Crippen LogP contribution in [0.2, 0.25) is 5.02 Å². The van der Waals surface area contributed by atoms with Crippen LogP contribution in [-0.4, -0.2) is 30.1 Å². The summed E-state index contributed by atoms with van der Waals surface area (Å²) in [6.45, 7) is 7.70. The molecule has 1 amide bonds. The van der Waals surface area contributed by atoms with Gasteiger partial charge in [-0.2, -0.15) is 0 Å². The van der Waals surface area contributed by atoms with E-state index in [2.05, 4.69) is 17.6 Å². The summed E-state index contributed by atoms with van der Waals surface area (Å²) in [6.07, 6.45) is 0.811. The summed E-state index contributed by atoms with van der Waals surface area (Å²) in [4.78, 5) is 12.7. The van der Waals surface area contributed by atoms with Crippen LogP contribution in [0, 0.1) is 25.6 Å². The van der Waals surface area contributed by atoms with Gasteiger partial charge in [0.25, 0.3) is 5.91 Å². The predicted octanol–water partition coefficient (Wildman–Crippen LogP) is 4.31. The second kappa shape index (κ2) is 8.50. The summed E-state index contributed by atoms with van der Waals surface area (Å²) in [5.74, 6) is -0.104. The van der Waals surface area contributed by atoms with Gasteiger partial charge in [-0.1, -0.05) is 24.6 Å². The molecule has 3 rings (SSSR count). The molecule has 3 N–H and O–H groups in total. The van der Waals surface area contributed by atoms with Crippen molar-refractivity contribution in [3.05, 3.63) is 63.4 Å². The summed E-state index contributed by atoms with van der Waals surface area (Å²) in [6, 6.07) is 7.71. The molecule has 28 heavy (non-hydrogen) atoms. The molecule has 3 unspecified atom stereocenters. The van der Waals surface area contributed by atoms with Gasteiger partial charge in [0.2, 0.25) is 0 Å². The average molecular weight is 405 g/mol. The first-order chi connectivity index (χ1) is 13.3. The van der Waals surface area contributed by atoms with Crippen LogP contribution < -0.4 is 10.6 Å². The Morgan fingerprint density at radius 1 is 1.29 bits per heavy atom. The smallest absolute Gasteiger partial charge is 0.251 e. The maximum absolute atomic E-state index is 13.4. The Kier molecular flexibility index (Phi) is 6.26. The van der Waals surface area contributed by atoms with E-state index in [9.17, 15) is 14.3 Å². The minimum Gasteiger partial charge on any atom is -0.508 e. The van der Waals surface area contributed by atoms with Crippen LogP contribution in [0.25, 0.3) is 0 Å². The van der Waals surface area contributed by atoms with E-state index in [0.717, 1.165) is 30.6 Å². The lowest BCUT2D eigenvalue weighted by molar-refractivity contribution is 0.0904. The lowest BCUT2D eigenvalue weighted by Gasteiger charge is -2.37. The first-order valence-electron chi connectivity index (χ1n) is 9.55. The summed E-state index contributed by atoms with van der Waals surface area (Å²) < 4.78 is 13.4. The highest BCUT2D eigenvalue weighted by Gasteiger charge is 2.32. The van der Waals surface area contributed by atoms with Crippen molar-refractivity contribution in [3.63, 3.8) is 0 Å². The molecule has 0 aromatic heterocycles. The van der Waals surface area contributed by atoms with Gasteiger partial charge in [-0.05, 0) is 79.6 Å². The number of halogens is 2. The van der Waals surface area contributed by atoms with Gasteiger partial charge in [-0.25, -0.2) is 4.39 Å². The third-order valence-corrected chi connectivity index (χ3v) is 6.25. The van der Waals surface area contributed by atoms with Gasteiger partial charge in [-0.3, -0.25) is 4.79 Å². The second-order valence-electron chi connectivity index (χ2n) is 7.58. The third-order valence-electron chi connectivity index (χ3n) is 5.96. The van der Waals surface area contributed by atoms with E-state index in [1.807, 2.05) is 19.9 Å². The fourth-order valence-electron chi connectivity index (χ4n) is 4.03. The quantitative estimate of drug-likeness (QED) is 0.711. The van der Waals surface area contributed by atoms with Gasteiger partial charge >= 0.3 is 0 Å². The molecule has 0 saturated carbocycles. The summed E-state index contributed by atoms with van der Waals surface area (Å²) in [5, 5.41) is 16.4. The zero-order valence-corrected chi connectivity index (χ0v) is 17.1. The van der Waals surface area contributed by atoms with Crippen LogP contribution in [0.1, 0.15) is 46.3 Å². The fourth-order valence-corrected chi connectivity index (χ4v) is 4.21. The average Bonchev–Trinajstić information content (AvgIpc) is 2.68. The van der Waals surface area contributed by atoms with Crippen molar-refractivity contribution in [2.45, 2.75) is 39.2 Å². The number of benzene rings is 2. The maximum Gasteiger partial charge on any atom is 0.251 e. The molecule has 1 fully saturated rings. The standard InChI is InChI=1S/C22H26ClFN2O2/c1-12-13(2)21(27)7-5-16(12)14(3)17-11-25-9-8-20(17)26-22(28)15-4-6-19(24)18(23)10-15/h4-7,10,14,17,20,25,27H,8-9,11H2,1-3H3,(H,26,28). The van der Waals surface area contributed by atoms with Crippen molar-refractivity contribution in [1.82, 2.24) is 10.6 Å². The van der Waals surface area contributed by atoms with Gasteiger partial charge in [-0.15, -0.1) is 0 Å². The summed E-state index contributed by atoms with van der Waals surface area (Å²) in [7, 11) is 0. The first kappa shape index (κ1) is 20.6. The van der Waals surface area contributed by atoms with Crippen LogP contribution >= 0.6 is 11.6 Å². The molecule has 2 aromatic rings. The highest BCUT2D eigenvalue weighted by Crippen LogP contribution is 2.34. The van der Waals surface area contributed by atoms with E-state index in [1.54, 1.807) is 6.07 Å². The summed E-state index contributed by atoms with van der Waals surface area (Å²) >= 11 is 5.82. The van der Waals surface area contributed by atoms with Gasteiger partial charge < -0.3 is 15.7 Å². The number of hydrogen-bond donors (Lipinski definition) is 3. The SMILES string of the molecule is Cc1c(O)ccc(C(C)C2CNCCC2NC(=O)c2ccc(F)c(Cl)c2)c1C. The lowest BCUT2D eigenvalue weighted by atomic mass is 9.77. The van der Waals surface area contributed by atoms with Crippen molar-refractivity contribution in [2.75, 3.05) is 13.1 Å². The number of hydrogen-bond acceptors (Lipinski definition) is 3. The van der Waals surface area contributed by atoms with Crippen LogP contribution in [0.5, 0.6) is 5.75 Å². The van der Waals surface area contributed by atoms with Gasteiger partial charge in [0, 0.05) is 18.2 Å². The Balaban J connectivity index is 1.81. The van der Waals surface area contributed by atoms with E-state index in [0.29, 0.717) is 11.3 Å². The number of nitrogens with one attached hydrogen (secondary N) is 2. The van der Waals surface area contributed by atoms with Gasteiger partial charge in [0.05, 0.1) is 5.02 Å². The molecule has 2 aromatic carbocycles. The molecular weight excluding hydrogens is 379 g/mol. The van der Waals surface area contributed by atoms with E-state index in [4.69, 9.17) is 11.6 Å². The molecule has 1 heterocycles. The van der Waals surface area contributed by atoms with Crippen LogP contribution in [0.15, 0.2) is 30.3 Å². The van der Waals surface area contributed by atoms with E-state index in [-0.39, 0.29) is 28.8 Å². The van der Waals surface area contributed by atoms with Crippen molar-refractivity contribution in [1.29, 1.82) is 0 Å². The highest BCUT2D eigenvalue weighted by atomic mass is 35.5. The Hall–Kier alpha value is -2.11. The van der Waals surface area contributed by atoms with E-state index in [1.165, 1.54) is 23.8 Å². The number of amides is 1. The maximum atomic E-state index is 13.4. The Bertz CT molecular complexity index is 887. The van der Waals surface area contributed by atoms with E-state index < -0.39 is 5.82 Å². The second-order valence-corrected chi connectivity index (χ2v) is 7.99. The molecule has 1 saturated heterocycles. The number of aromatic hydroxyl groups is 1. The molecule has 0 spiro atoms. The van der Waals surface area contributed by atoms with Crippen LogP contribution in [-0.2, 0) is 0 Å². The Morgan fingerprint density at radius 2 is 2.04 bits per heavy atom. The number of carbonyl (C=O) groups excluding carboxylic acids is 1. The van der Waals surface area contributed by atoms with Crippen molar-refractivity contribution >= 4 is 17.5 Å². The van der Waals surface area contributed by atoms with Gasteiger partial charge in [0.1, 0.15) is 11.6 Å². The minimum absolute atomic E-state index is 0.0129. The molecule has 1 aliphatic heterocycles. The van der Waals surface area contributed by atoms with Gasteiger partial charge in [0.15, 0.2) is 0 Å². The molecule has 0 aliphatic carbocycles. The molecular formula is C22H26ClFN2O2. The van der Waals surface area contributed by atoms with Crippen molar-refractivity contribution in [2.24, 2.45) is 5.92 Å². The van der Waals surface area contributed by atoms with Crippen LogP contribution in [0.3, 0.4) is 0 Å². The fraction of sp³-hybridized carbons (Fsp3) is 0.409. The summed E-state index contributed by atoms with van der Waals surface area (Å²) in [5.41, 5.74) is 3.49. The molecule has 6 heteroatoms. The zero-order valence-electron chi connectivity index (χ0n) is 16.4. The Morgan fingerprint density at radius 3 is 2.75 bits per heavy atom. The molecule has 1 aliphatic rings. The lowest BCUT2D eigenvalue weighted by Crippen LogP contribution is -2.51. The monoisotopic (exact) mass is 404 g/mol. The topological polar surface area (TPSA) is 61.4 Å². The number of phenolic OH excluding ortho intramolecular Hbond substituents is 1. The molecule has 3 atom stereocenters. The van der Waals surface area contributed by atoms with E-state index >= 15 is 0 Å². The Labute approximate surface area is 170 Å². The number of carbonyl (C=O) groups is 1. The van der Waals surface area contributed by atoms with Crippen molar-refractivity contribution < 1.29 is 14.3 Å². The highest BCUT2D eigenvalue weighted by molar-refractivity contribution is 6.31. The number of rotatable bonds is 4. The zero-order chi connectivity index (χ0) is 20.4. The number of phenols is 1. The largest absolute Gasteiger partial charge is 0.508 e. The predicted molar refractivity (Wildman–Crippen MR) is 110 cm³/mol. The van der Waals surface area contributed by atoms with Crippen LogP contribution in [0.4, 0.5) is 4.39 Å². The number of piperidine rings is 1.